The van der Waals surface area contributed by atoms with Gasteiger partial charge in [-0.3, -0.25) is 4.79 Å². The van der Waals surface area contributed by atoms with Crippen LogP contribution >= 0.6 is 11.8 Å². The van der Waals surface area contributed by atoms with Crippen LogP contribution in [-0.4, -0.2) is 22.8 Å². The van der Waals surface area contributed by atoms with Crippen molar-refractivity contribution in [3.05, 3.63) is 66.4 Å². The van der Waals surface area contributed by atoms with Crippen LogP contribution in [0.2, 0.25) is 0 Å². The van der Waals surface area contributed by atoms with Gasteiger partial charge >= 0.3 is 0 Å². The van der Waals surface area contributed by atoms with Crippen LogP contribution in [0.5, 0.6) is 0 Å². The van der Waals surface area contributed by atoms with Crippen molar-refractivity contribution >= 4 is 28.6 Å². The Morgan fingerprint density at radius 3 is 2.64 bits per heavy atom. The lowest BCUT2D eigenvalue weighted by molar-refractivity contribution is -0.118. The Kier molecular flexibility index (Phi) is 6.18. The lowest BCUT2D eigenvalue weighted by Crippen LogP contribution is -2.27. The Balaban J connectivity index is 1.54. The van der Waals surface area contributed by atoms with Gasteiger partial charge in [0.05, 0.1) is 5.75 Å². The van der Waals surface area contributed by atoms with Crippen molar-refractivity contribution in [1.29, 1.82) is 0 Å². The maximum Gasteiger partial charge on any atom is 0.230 e. The largest absolute Gasteiger partial charge is 0.355 e. The van der Waals surface area contributed by atoms with E-state index in [0.29, 0.717) is 12.3 Å². The molecule has 25 heavy (non-hydrogen) atoms. The zero-order chi connectivity index (χ0) is 17.5. The lowest BCUT2D eigenvalue weighted by Gasteiger charge is -2.05. The number of aromatic nitrogens is 1. The molecule has 0 fully saturated rings. The number of rotatable bonds is 8. The highest BCUT2D eigenvalue weighted by Gasteiger charge is 2.10. The first kappa shape index (κ1) is 17.6. The molecule has 4 heteroatoms. The molecule has 1 heterocycles. The smallest absolute Gasteiger partial charge is 0.230 e. The zero-order valence-electron chi connectivity index (χ0n) is 14.6. The average molecular weight is 353 g/mol. The van der Waals surface area contributed by atoms with Crippen LogP contribution in [0.15, 0.2) is 65.7 Å². The SMILES string of the molecule is CCCn1cc(SCC(=O)NCCc2ccccc2)c2ccccc21. The zero-order valence-corrected chi connectivity index (χ0v) is 15.4. The first-order chi connectivity index (χ1) is 12.3. The number of nitrogens with zero attached hydrogens (tertiary/aromatic N) is 1. The van der Waals surface area contributed by atoms with Crippen LogP contribution in [0, 0.1) is 0 Å². The van der Waals surface area contributed by atoms with Crippen molar-refractivity contribution in [3.63, 3.8) is 0 Å². The number of carbonyl (C=O) groups excluding carboxylic acids is 1. The van der Waals surface area contributed by atoms with Gasteiger partial charge < -0.3 is 9.88 Å². The van der Waals surface area contributed by atoms with Crippen LogP contribution in [0.3, 0.4) is 0 Å². The Morgan fingerprint density at radius 1 is 1.08 bits per heavy atom. The molecule has 0 radical (unpaired) electrons. The summed E-state index contributed by atoms with van der Waals surface area (Å²) in [6, 6.07) is 18.6. The summed E-state index contributed by atoms with van der Waals surface area (Å²) in [6.45, 7) is 3.87. The van der Waals surface area contributed by atoms with Gasteiger partial charge in [0.15, 0.2) is 0 Å². The number of thioether (sulfide) groups is 1. The maximum atomic E-state index is 12.1. The third-order valence-electron chi connectivity index (χ3n) is 4.15. The molecule has 3 nitrogen and oxygen atoms in total. The average Bonchev–Trinajstić information content (AvgIpc) is 2.99. The minimum Gasteiger partial charge on any atom is -0.355 e. The molecule has 0 aliphatic heterocycles. The van der Waals surface area contributed by atoms with Crippen LogP contribution in [0.1, 0.15) is 18.9 Å². The van der Waals surface area contributed by atoms with E-state index in [4.69, 9.17) is 0 Å². The van der Waals surface area contributed by atoms with Crippen LogP contribution < -0.4 is 5.32 Å². The summed E-state index contributed by atoms with van der Waals surface area (Å²) in [5, 5.41) is 4.25. The molecule has 130 valence electrons. The molecule has 1 N–H and O–H groups in total. The monoisotopic (exact) mass is 352 g/mol. The molecule has 0 saturated heterocycles. The molecule has 0 saturated carbocycles. The normalized spacial score (nSPS) is 10.9. The van der Waals surface area contributed by atoms with E-state index in [-0.39, 0.29) is 5.91 Å². The summed E-state index contributed by atoms with van der Waals surface area (Å²) in [5.74, 6) is 0.544. The van der Waals surface area contributed by atoms with Crippen LogP contribution in [0.4, 0.5) is 0 Å². The first-order valence-electron chi connectivity index (χ1n) is 8.79. The Bertz CT molecular complexity index is 826. The molecule has 0 spiro atoms. The molecule has 1 amide bonds. The highest BCUT2D eigenvalue weighted by molar-refractivity contribution is 8.00. The van der Waals surface area contributed by atoms with Gasteiger partial charge in [-0.05, 0) is 24.5 Å². The number of nitrogens with one attached hydrogen (secondary N) is 1. The van der Waals surface area contributed by atoms with Gasteiger partial charge in [0.25, 0.3) is 0 Å². The fourth-order valence-corrected chi connectivity index (χ4v) is 3.86. The van der Waals surface area contributed by atoms with Crippen molar-refractivity contribution in [3.8, 4) is 0 Å². The summed E-state index contributed by atoms with van der Waals surface area (Å²) in [6.07, 6.45) is 4.14. The van der Waals surface area contributed by atoms with Crippen molar-refractivity contribution in [2.75, 3.05) is 12.3 Å². The summed E-state index contributed by atoms with van der Waals surface area (Å²) >= 11 is 1.62. The van der Waals surface area contributed by atoms with Gasteiger partial charge in [-0.15, -0.1) is 11.8 Å². The maximum absolute atomic E-state index is 12.1. The van der Waals surface area contributed by atoms with E-state index in [1.54, 1.807) is 11.8 Å². The van der Waals surface area contributed by atoms with E-state index in [1.165, 1.54) is 21.4 Å². The number of fused-ring (bicyclic) bond motifs is 1. The summed E-state index contributed by atoms with van der Waals surface area (Å²) in [4.78, 5) is 13.3. The number of carbonyl (C=O) groups is 1. The van der Waals surface area contributed by atoms with E-state index in [0.717, 1.165) is 19.4 Å². The number of hydrogen-bond acceptors (Lipinski definition) is 2. The fourth-order valence-electron chi connectivity index (χ4n) is 2.94. The van der Waals surface area contributed by atoms with Crippen LogP contribution in [0.25, 0.3) is 10.9 Å². The minimum atomic E-state index is 0.0910. The van der Waals surface area contributed by atoms with Gasteiger partial charge in [0.1, 0.15) is 0 Å². The third-order valence-corrected chi connectivity index (χ3v) is 5.20. The van der Waals surface area contributed by atoms with Gasteiger partial charge in [0.2, 0.25) is 5.91 Å². The molecule has 3 aromatic rings. The molecule has 3 rings (SSSR count). The number of amides is 1. The van der Waals surface area contributed by atoms with E-state index in [9.17, 15) is 4.79 Å². The molecule has 1 aromatic heterocycles. The number of hydrogen-bond donors (Lipinski definition) is 1. The molecule has 2 aromatic carbocycles. The highest BCUT2D eigenvalue weighted by Crippen LogP contribution is 2.30. The quantitative estimate of drug-likeness (QED) is 0.606. The van der Waals surface area contributed by atoms with E-state index in [1.807, 2.05) is 18.2 Å². The molecule has 0 aliphatic carbocycles. The third kappa shape index (κ3) is 4.67. The lowest BCUT2D eigenvalue weighted by atomic mass is 10.1. The van der Waals surface area contributed by atoms with Crippen molar-refractivity contribution in [2.24, 2.45) is 0 Å². The van der Waals surface area contributed by atoms with E-state index < -0.39 is 0 Å². The molecule has 0 aliphatic rings. The number of aryl methyl sites for hydroxylation is 1. The standard InChI is InChI=1S/C21H24N2OS/c1-2-14-23-15-20(18-10-6-7-11-19(18)23)25-16-21(24)22-13-12-17-8-4-3-5-9-17/h3-11,15H,2,12-14,16H2,1H3,(H,22,24). The Labute approximate surface area is 153 Å². The van der Waals surface area contributed by atoms with Crippen LogP contribution in [-0.2, 0) is 17.8 Å². The predicted molar refractivity (Wildman–Crippen MR) is 106 cm³/mol. The van der Waals surface area contributed by atoms with Gasteiger partial charge in [0, 0.05) is 35.1 Å². The fraction of sp³-hybridized carbons (Fsp3) is 0.286. The van der Waals surface area contributed by atoms with Crippen molar-refractivity contribution < 1.29 is 4.79 Å². The number of benzene rings is 2. The van der Waals surface area contributed by atoms with Gasteiger partial charge in [-0.1, -0.05) is 55.5 Å². The summed E-state index contributed by atoms with van der Waals surface area (Å²) < 4.78 is 2.28. The van der Waals surface area contributed by atoms with Gasteiger partial charge in [-0.25, -0.2) is 0 Å². The number of para-hydroxylation sites is 1. The Morgan fingerprint density at radius 2 is 1.84 bits per heavy atom. The van der Waals surface area contributed by atoms with E-state index >= 15 is 0 Å². The molecule has 0 bridgehead atoms. The summed E-state index contributed by atoms with van der Waals surface area (Å²) in [7, 11) is 0. The highest BCUT2D eigenvalue weighted by atomic mass is 32.2. The molecule has 0 atom stereocenters. The molecular weight excluding hydrogens is 328 g/mol. The summed E-state index contributed by atoms with van der Waals surface area (Å²) in [5.41, 5.74) is 2.49. The molecular formula is C21H24N2OS. The van der Waals surface area contributed by atoms with Gasteiger partial charge in [-0.2, -0.15) is 0 Å². The predicted octanol–water partition coefficient (Wildman–Crippen LogP) is 4.50. The molecule has 0 unspecified atom stereocenters. The minimum absolute atomic E-state index is 0.0910. The second-order valence-corrected chi connectivity index (χ2v) is 7.10. The topological polar surface area (TPSA) is 34.0 Å². The second-order valence-electron chi connectivity index (χ2n) is 6.08. The van der Waals surface area contributed by atoms with Crippen molar-refractivity contribution in [2.45, 2.75) is 31.2 Å². The second kappa shape index (κ2) is 8.77. The van der Waals surface area contributed by atoms with Crippen molar-refractivity contribution in [1.82, 2.24) is 9.88 Å². The van der Waals surface area contributed by atoms with E-state index in [2.05, 4.69) is 59.4 Å². The Hall–Kier alpha value is -2.20. The first-order valence-corrected chi connectivity index (χ1v) is 9.78.